The second-order valence-corrected chi connectivity index (χ2v) is 4.53. The molecule has 1 aromatic rings. The van der Waals surface area contributed by atoms with E-state index in [0.29, 0.717) is 24.6 Å². The second-order valence-electron chi connectivity index (χ2n) is 4.53. The third-order valence-electron chi connectivity index (χ3n) is 2.63. The smallest absolute Gasteiger partial charge is 0.255 e. The van der Waals surface area contributed by atoms with E-state index in [9.17, 15) is 4.79 Å². The lowest BCUT2D eigenvalue weighted by molar-refractivity contribution is 0.115. The van der Waals surface area contributed by atoms with E-state index in [2.05, 4.69) is 13.8 Å². The standard InChI is InChI=1S/C13H22N2O2/c1-11(2)5-8-17-9-7-15-6-3-4-12(10-14)13(15)16/h3-4,6,11H,5,7-10,14H2,1-2H3. The molecule has 0 saturated heterocycles. The summed E-state index contributed by atoms with van der Waals surface area (Å²) >= 11 is 0. The molecule has 1 heterocycles. The van der Waals surface area contributed by atoms with Gasteiger partial charge in [-0.15, -0.1) is 0 Å². The predicted molar refractivity (Wildman–Crippen MR) is 68.9 cm³/mol. The van der Waals surface area contributed by atoms with Crippen LogP contribution >= 0.6 is 0 Å². The Morgan fingerprint density at radius 1 is 1.41 bits per heavy atom. The highest BCUT2D eigenvalue weighted by atomic mass is 16.5. The van der Waals surface area contributed by atoms with Gasteiger partial charge in [-0.25, -0.2) is 0 Å². The van der Waals surface area contributed by atoms with Crippen molar-refractivity contribution in [2.75, 3.05) is 13.2 Å². The number of nitrogens with two attached hydrogens (primary N) is 1. The minimum atomic E-state index is -0.0116. The van der Waals surface area contributed by atoms with Crippen molar-refractivity contribution in [2.24, 2.45) is 11.7 Å². The Balaban J connectivity index is 2.39. The van der Waals surface area contributed by atoms with Crippen molar-refractivity contribution in [2.45, 2.75) is 33.4 Å². The molecular formula is C13H22N2O2. The minimum Gasteiger partial charge on any atom is -0.380 e. The molecule has 4 heteroatoms. The number of ether oxygens (including phenoxy) is 1. The molecule has 4 nitrogen and oxygen atoms in total. The molecule has 0 amide bonds. The van der Waals surface area contributed by atoms with E-state index >= 15 is 0 Å². The Bertz CT molecular complexity index is 385. The zero-order chi connectivity index (χ0) is 12.7. The number of pyridine rings is 1. The lowest BCUT2D eigenvalue weighted by Gasteiger charge is -2.09. The van der Waals surface area contributed by atoms with Crippen LogP contribution in [0, 0.1) is 5.92 Å². The van der Waals surface area contributed by atoms with Crippen LogP contribution in [0.25, 0.3) is 0 Å². The van der Waals surface area contributed by atoms with E-state index in [0.717, 1.165) is 13.0 Å². The quantitative estimate of drug-likeness (QED) is 0.730. The Hall–Kier alpha value is -1.13. The van der Waals surface area contributed by atoms with Crippen molar-refractivity contribution >= 4 is 0 Å². The summed E-state index contributed by atoms with van der Waals surface area (Å²) in [7, 11) is 0. The van der Waals surface area contributed by atoms with Crippen LogP contribution in [0.1, 0.15) is 25.8 Å². The molecule has 0 aliphatic heterocycles. The van der Waals surface area contributed by atoms with Gasteiger partial charge in [0.15, 0.2) is 0 Å². The topological polar surface area (TPSA) is 57.2 Å². The fraction of sp³-hybridized carbons (Fsp3) is 0.615. The molecule has 0 saturated carbocycles. The summed E-state index contributed by atoms with van der Waals surface area (Å²) in [5.74, 6) is 0.651. The third-order valence-corrected chi connectivity index (χ3v) is 2.63. The van der Waals surface area contributed by atoms with Crippen LogP contribution in [-0.4, -0.2) is 17.8 Å². The van der Waals surface area contributed by atoms with Crippen LogP contribution in [0.5, 0.6) is 0 Å². The molecule has 0 aliphatic carbocycles. The largest absolute Gasteiger partial charge is 0.380 e. The molecule has 2 N–H and O–H groups in total. The summed E-state index contributed by atoms with van der Waals surface area (Å²) in [6, 6.07) is 3.61. The first-order valence-corrected chi connectivity index (χ1v) is 6.11. The lowest BCUT2D eigenvalue weighted by atomic mass is 10.1. The molecule has 0 fully saturated rings. The summed E-state index contributed by atoms with van der Waals surface area (Å²) in [5.41, 5.74) is 6.12. The average molecular weight is 238 g/mol. The maximum Gasteiger partial charge on any atom is 0.255 e. The van der Waals surface area contributed by atoms with Gasteiger partial charge in [-0.05, 0) is 18.4 Å². The Kier molecular flexibility index (Phi) is 5.94. The van der Waals surface area contributed by atoms with E-state index in [-0.39, 0.29) is 12.1 Å². The molecule has 17 heavy (non-hydrogen) atoms. The third kappa shape index (κ3) is 4.71. The van der Waals surface area contributed by atoms with Crippen LogP contribution in [0.4, 0.5) is 0 Å². The fourth-order valence-electron chi connectivity index (χ4n) is 1.50. The molecule has 1 aromatic heterocycles. The normalized spacial score (nSPS) is 11.1. The fourth-order valence-corrected chi connectivity index (χ4v) is 1.50. The van der Waals surface area contributed by atoms with E-state index in [1.807, 2.05) is 6.07 Å². The maximum absolute atomic E-state index is 11.8. The molecule has 0 spiro atoms. The maximum atomic E-state index is 11.8. The summed E-state index contributed by atoms with van der Waals surface area (Å²) in [6.07, 6.45) is 2.82. The number of hydrogen-bond acceptors (Lipinski definition) is 3. The van der Waals surface area contributed by atoms with Crippen molar-refractivity contribution in [3.8, 4) is 0 Å². The van der Waals surface area contributed by atoms with Crippen molar-refractivity contribution in [3.05, 3.63) is 34.2 Å². The van der Waals surface area contributed by atoms with Gasteiger partial charge in [0, 0.05) is 31.5 Å². The summed E-state index contributed by atoms with van der Waals surface area (Å²) in [4.78, 5) is 11.8. The van der Waals surface area contributed by atoms with Crippen LogP contribution in [0.15, 0.2) is 23.1 Å². The van der Waals surface area contributed by atoms with Gasteiger partial charge in [-0.1, -0.05) is 19.9 Å². The number of rotatable bonds is 7. The highest BCUT2D eigenvalue weighted by Crippen LogP contribution is 1.99. The summed E-state index contributed by atoms with van der Waals surface area (Å²) in [5, 5.41) is 0. The van der Waals surface area contributed by atoms with Crippen molar-refractivity contribution in [1.29, 1.82) is 0 Å². The summed E-state index contributed by atoms with van der Waals surface area (Å²) < 4.78 is 7.14. The minimum absolute atomic E-state index is 0.0116. The number of aromatic nitrogens is 1. The monoisotopic (exact) mass is 238 g/mol. The van der Waals surface area contributed by atoms with Gasteiger partial charge < -0.3 is 15.0 Å². The highest BCUT2D eigenvalue weighted by molar-refractivity contribution is 5.09. The Morgan fingerprint density at radius 2 is 2.18 bits per heavy atom. The van der Waals surface area contributed by atoms with E-state index in [1.54, 1.807) is 16.8 Å². The van der Waals surface area contributed by atoms with Gasteiger partial charge in [-0.2, -0.15) is 0 Å². The average Bonchev–Trinajstić information content (AvgIpc) is 2.30. The van der Waals surface area contributed by atoms with Gasteiger partial charge in [-0.3, -0.25) is 4.79 Å². The lowest BCUT2D eigenvalue weighted by Crippen LogP contribution is -2.26. The highest BCUT2D eigenvalue weighted by Gasteiger charge is 2.01. The van der Waals surface area contributed by atoms with Gasteiger partial charge in [0.25, 0.3) is 5.56 Å². The zero-order valence-corrected chi connectivity index (χ0v) is 10.7. The first kappa shape index (κ1) is 13.9. The van der Waals surface area contributed by atoms with E-state index < -0.39 is 0 Å². The molecule has 0 radical (unpaired) electrons. The van der Waals surface area contributed by atoms with Crippen LogP contribution in [0.3, 0.4) is 0 Å². The summed E-state index contributed by atoms with van der Waals surface area (Å²) in [6.45, 7) is 6.53. The van der Waals surface area contributed by atoms with Gasteiger partial charge >= 0.3 is 0 Å². The molecule has 1 rings (SSSR count). The van der Waals surface area contributed by atoms with Crippen LogP contribution in [0.2, 0.25) is 0 Å². The predicted octanol–water partition coefficient (Wildman–Crippen LogP) is 1.37. The molecule has 0 aliphatic rings. The Labute approximate surface area is 102 Å². The zero-order valence-electron chi connectivity index (χ0n) is 10.7. The number of hydrogen-bond donors (Lipinski definition) is 1. The Morgan fingerprint density at radius 3 is 2.82 bits per heavy atom. The molecule has 0 bridgehead atoms. The SMILES string of the molecule is CC(C)CCOCCn1cccc(CN)c1=O. The van der Waals surface area contributed by atoms with Crippen molar-refractivity contribution in [1.82, 2.24) is 4.57 Å². The first-order chi connectivity index (χ1) is 8.15. The van der Waals surface area contributed by atoms with Gasteiger partial charge in [0.05, 0.1) is 6.61 Å². The van der Waals surface area contributed by atoms with E-state index in [1.165, 1.54) is 0 Å². The van der Waals surface area contributed by atoms with Gasteiger partial charge in [0.2, 0.25) is 0 Å². The molecule has 0 aromatic carbocycles. The molecule has 0 atom stereocenters. The molecule has 0 unspecified atom stereocenters. The number of nitrogens with zero attached hydrogens (tertiary/aromatic N) is 1. The second kappa shape index (κ2) is 7.25. The van der Waals surface area contributed by atoms with Crippen molar-refractivity contribution in [3.63, 3.8) is 0 Å². The van der Waals surface area contributed by atoms with Crippen LogP contribution in [-0.2, 0) is 17.8 Å². The first-order valence-electron chi connectivity index (χ1n) is 6.11. The van der Waals surface area contributed by atoms with Crippen LogP contribution < -0.4 is 11.3 Å². The van der Waals surface area contributed by atoms with E-state index in [4.69, 9.17) is 10.5 Å². The molecule has 96 valence electrons. The van der Waals surface area contributed by atoms with Crippen molar-refractivity contribution < 1.29 is 4.74 Å². The molecular weight excluding hydrogens is 216 g/mol. The van der Waals surface area contributed by atoms with Gasteiger partial charge in [0.1, 0.15) is 0 Å².